The van der Waals surface area contributed by atoms with Crippen LogP contribution in [0.2, 0.25) is 0 Å². The van der Waals surface area contributed by atoms with Crippen molar-refractivity contribution in [1.82, 2.24) is 19.9 Å². The summed E-state index contributed by atoms with van der Waals surface area (Å²) in [7, 11) is 1.58. The minimum absolute atomic E-state index is 0.166. The molecule has 3 aromatic rings. The number of benzene rings is 1. The highest BCUT2D eigenvalue weighted by atomic mass is 16.5. The SMILES string of the molecule is COc1cc(-c2ncc(C)cn2)cc2c(NCC=O)ncnc12. The number of methoxy groups -OCH3 is 1. The molecule has 0 saturated heterocycles. The van der Waals surface area contributed by atoms with E-state index in [4.69, 9.17) is 4.74 Å². The molecule has 0 saturated carbocycles. The smallest absolute Gasteiger partial charge is 0.159 e. The fraction of sp³-hybridized carbons (Fsp3) is 0.188. The number of nitrogens with zero attached hydrogens (tertiary/aromatic N) is 4. The number of hydrogen-bond donors (Lipinski definition) is 1. The number of anilines is 1. The Hall–Kier alpha value is -3.09. The largest absolute Gasteiger partial charge is 0.494 e. The highest BCUT2D eigenvalue weighted by Gasteiger charge is 2.13. The summed E-state index contributed by atoms with van der Waals surface area (Å²) in [5, 5.41) is 3.70. The number of carbonyl (C=O) groups excluding carboxylic acids is 1. The average Bonchev–Trinajstić information content (AvgIpc) is 2.59. The summed E-state index contributed by atoms with van der Waals surface area (Å²) in [5.74, 6) is 1.74. The van der Waals surface area contributed by atoms with Gasteiger partial charge in [-0.15, -0.1) is 0 Å². The van der Waals surface area contributed by atoms with Crippen molar-refractivity contribution in [3.8, 4) is 17.1 Å². The first-order valence-electron chi connectivity index (χ1n) is 7.02. The van der Waals surface area contributed by atoms with Gasteiger partial charge in [0.1, 0.15) is 29.7 Å². The van der Waals surface area contributed by atoms with Crippen molar-refractivity contribution >= 4 is 23.0 Å². The lowest BCUT2D eigenvalue weighted by Crippen LogP contribution is -2.05. The molecular weight excluding hydrogens is 294 g/mol. The number of carbonyl (C=O) groups is 1. The number of rotatable bonds is 5. The normalized spacial score (nSPS) is 10.5. The molecule has 0 aliphatic heterocycles. The average molecular weight is 309 g/mol. The van der Waals surface area contributed by atoms with Crippen LogP contribution in [0.5, 0.6) is 5.75 Å². The lowest BCUT2D eigenvalue weighted by molar-refractivity contribution is -0.106. The minimum Gasteiger partial charge on any atom is -0.494 e. The molecule has 0 aliphatic carbocycles. The van der Waals surface area contributed by atoms with Crippen molar-refractivity contribution in [3.63, 3.8) is 0 Å². The molecule has 1 aromatic carbocycles. The third-order valence-electron chi connectivity index (χ3n) is 3.32. The molecular formula is C16H15N5O2. The topological polar surface area (TPSA) is 89.9 Å². The van der Waals surface area contributed by atoms with Gasteiger partial charge in [0.2, 0.25) is 0 Å². The van der Waals surface area contributed by atoms with Gasteiger partial charge in [0, 0.05) is 23.3 Å². The molecule has 23 heavy (non-hydrogen) atoms. The second kappa shape index (κ2) is 6.35. The summed E-state index contributed by atoms with van der Waals surface area (Å²) < 4.78 is 5.43. The van der Waals surface area contributed by atoms with Crippen LogP contribution in [-0.2, 0) is 4.79 Å². The molecule has 0 fully saturated rings. The Morgan fingerprint density at radius 1 is 1.17 bits per heavy atom. The van der Waals surface area contributed by atoms with Crippen LogP contribution in [-0.4, -0.2) is 39.9 Å². The molecule has 3 rings (SSSR count). The second-order valence-corrected chi connectivity index (χ2v) is 4.93. The second-order valence-electron chi connectivity index (χ2n) is 4.93. The molecule has 0 aliphatic rings. The summed E-state index contributed by atoms with van der Waals surface area (Å²) in [6.07, 6.45) is 5.72. The summed E-state index contributed by atoms with van der Waals surface area (Å²) in [5.41, 5.74) is 2.43. The van der Waals surface area contributed by atoms with Gasteiger partial charge in [-0.1, -0.05) is 0 Å². The minimum atomic E-state index is 0.166. The Morgan fingerprint density at radius 2 is 1.96 bits per heavy atom. The zero-order valence-electron chi connectivity index (χ0n) is 12.8. The Labute approximate surface area is 132 Å². The summed E-state index contributed by atoms with van der Waals surface area (Å²) >= 11 is 0. The van der Waals surface area contributed by atoms with Gasteiger partial charge in [-0.05, 0) is 24.6 Å². The Bertz CT molecular complexity index is 849. The first kappa shape index (κ1) is 14.8. The van der Waals surface area contributed by atoms with E-state index in [2.05, 4.69) is 25.3 Å². The maximum atomic E-state index is 10.6. The Kier molecular flexibility index (Phi) is 4.09. The fourth-order valence-corrected chi connectivity index (χ4v) is 2.24. The summed E-state index contributed by atoms with van der Waals surface area (Å²) in [4.78, 5) is 27.7. The lowest BCUT2D eigenvalue weighted by Gasteiger charge is -2.11. The van der Waals surface area contributed by atoms with E-state index in [0.29, 0.717) is 22.9 Å². The number of hydrogen-bond acceptors (Lipinski definition) is 7. The number of aryl methyl sites for hydroxylation is 1. The van der Waals surface area contributed by atoms with E-state index in [1.807, 2.05) is 19.1 Å². The molecule has 0 radical (unpaired) electrons. The molecule has 7 heteroatoms. The van der Waals surface area contributed by atoms with Crippen LogP contribution in [0.15, 0.2) is 30.9 Å². The lowest BCUT2D eigenvalue weighted by atomic mass is 10.1. The summed E-state index contributed by atoms with van der Waals surface area (Å²) in [6, 6.07) is 3.72. The van der Waals surface area contributed by atoms with Crippen molar-refractivity contribution in [2.75, 3.05) is 19.0 Å². The number of aromatic nitrogens is 4. The van der Waals surface area contributed by atoms with Crippen molar-refractivity contribution in [1.29, 1.82) is 0 Å². The molecule has 2 heterocycles. The number of aldehydes is 1. The van der Waals surface area contributed by atoms with E-state index in [-0.39, 0.29) is 6.54 Å². The van der Waals surface area contributed by atoms with Crippen molar-refractivity contribution in [2.24, 2.45) is 0 Å². The van der Waals surface area contributed by atoms with E-state index < -0.39 is 0 Å². The van der Waals surface area contributed by atoms with Crippen LogP contribution in [0.1, 0.15) is 5.56 Å². The molecule has 7 nitrogen and oxygen atoms in total. The molecule has 0 atom stereocenters. The predicted octanol–water partition coefficient (Wildman–Crippen LogP) is 2.01. The standard InChI is InChI=1S/C16H15N5O2/c1-10-7-18-15(19-8-10)11-5-12-14(13(6-11)23-2)20-9-21-16(12)17-3-4-22/h4-9H,3H2,1-2H3,(H,17,20,21). The van der Waals surface area contributed by atoms with Crippen LogP contribution in [0.4, 0.5) is 5.82 Å². The first-order chi connectivity index (χ1) is 11.2. The molecule has 116 valence electrons. The molecule has 1 N–H and O–H groups in total. The van der Waals surface area contributed by atoms with Crippen LogP contribution in [0, 0.1) is 6.92 Å². The van der Waals surface area contributed by atoms with Gasteiger partial charge in [0.05, 0.1) is 13.7 Å². The fourth-order valence-electron chi connectivity index (χ4n) is 2.24. The van der Waals surface area contributed by atoms with Gasteiger partial charge in [0.25, 0.3) is 0 Å². The van der Waals surface area contributed by atoms with Gasteiger partial charge in [-0.25, -0.2) is 19.9 Å². The van der Waals surface area contributed by atoms with Gasteiger partial charge in [-0.3, -0.25) is 0 Å². The van der Waals surface area contributed by atoms with Crippen LogP contribution in [0.3, 0.4) is 0 Å². The van der Waals surface area contributed by atoms with Gasteiger partial charge < -0.3 is 14.8 Å². The van der Waals surface area contributed by atoms with Crippen LogP contribution >= 0.6 is 0 Å². The van der Waals surface area contributed by atoms with E-state index in [0.717, 1.165) is 22.8 Å². The Morgan fingerprint density at radius 3 is 2.65 bits per heavy atom. The number of nitrogens with one attached hydrogen (secondary N) is 1. The zero-order chi connectivity index (χ0) is 16.2. The molecule has 0 spiro atoms. The van der Waals surface area contributed by atoms with Gasteiger partial charge in [0.15, 0.2) is 5.82 Å². The van der Waals surface area contributed by atoms with E-state index in [1.165, 1.54) is 6.33 Å². The zero-order valence-corrected chi connectivity index (χ0v) is 12.8. The van der Waals surface area contributed by atoms with Crippen LogP contribution < -0.4 is 10.1 Å². The highest BCUT2D eigenvalue weighted by molar-refractivity contribution is 5.96. The number of ether oxygens (including phenoxy) is 1. The molecule has 2 aromatic heterocycles. The molecule has 0 unspecified atom stereocenters. The van der Waals surface area contributed by atoms with E-state index in [9.17, 15) is 4.79 Å². The molecule has 0 amide bonds. The molecule has 0 bridgehead atoms. The van der Waals surface area contributed by atoms with Gasteiger partial charge in [-0.2, -0.15) is 0 Å². The van der Waals surface area contributed by atoms with Crippen molar-refractivity contribution in [3.05, 3.63) is 36.4 Å². The van der Waals surface area contributed by atoms with Crippen molar-refractivity contribution < 1.29 is 9.53 Å². The third-order valence-corrected chi connectivity index (χ3v) is 3.32. The highest BCUT2D eigenvalue weighted by Crippen LogP contribution is 2.32. The Balaban J connectivity index is 2.19. The van der Waals surface area contributed by atoms with Crippen LogP contribution in [0.25, 0.3) is 22.3 Å². The quantitative estimate of drug-likeness (QED) is 0.721. The predicted molar refractivity (Wildman–Crippen MR) is 86.4 cm³/mol. The van der Waals surface area contributed by atoms with Gasteiger partial charge >= 0.3 is 0 Å². The first-order valence-corrected chi connectivity index (χ1v) is 7.02. The third kappa shape index (κ3) is 2.94. The monoisotopic (exact) mass is 309 g/mol. The van der Waals surface area contributed by atoms with E-state index in [1.54, 1.807) is 19.5 Å². The van der Waals surface area contributed by atoms with Crippen molar-refractivity contribution in [2.45, 2.75) is 6.92 Å². The maximum absolute atomic E-state index is 10.6. The number of fused-ring (bicyclic) bond motifs is 1. The maximum Gasteiger partial charge on any atom is 0.159 e. The summed E-state index contributed by atoms with van der Waals surface area (Å²) in [6.45, 7) is 2.10. The van der Waals surface area contributed by atoms with E-state index >= 15 is 0 Å².